The van der Waals surface area contributed by atoms with E-state index in [2.05, 4.69) is 32.0 Å². The second-order valence-corrected chi connectivity index (χ2v) is 9.60. The van der Waals surface area contributed by atoms with E-state index < -0.39 is 17.7 Å². The van der Waals surface area contributed by atoms with Gasteiger partial charge in [0.1, 0.15) is 0 Å². The number of nitrogens with one attached hydrogen (secondary N) is 1. The van der Waals surface area contributed by atoms with Crippen molar-refractivity contribution in [3.05, 3.63) is 31.7 Å². The molecule has 0 aromatic carbocycles. The lowest BCUT2D eigenvalue weighted by molar-refractivity contribution is -0.577. The van der Waals surface area contributed by atoms with Crippen molar-refractivity contribution in [2.45, 2.75) is 76.8 Å². The van der Waals surface area contributed by atoms with Gasteiger partial charge in [-0.1, -0.05) is 13.8 Å². The van der Waals surface area contributed by atoms with Gasteiger partial charge in [0.05, 0.1) is 6.61 Å². The third kappa shape index (κ3) is 3.58. The Morgan fingerprint density at radius 3 is 2.76 bits per heavy atom. The summed E-state index contributed by atoms with van der Waals surface area (Å²) in [5, 5.41) is 3.41. The average molecular weight is 405 g/mol. The zero-order valence-corrected chi connectivity index (χ0v) is 17.8. The van der Waals surface area contributed by atoms with Crippen LogP contribution in [0.15, 0.2) is 0 Å². The van der Waals surface area contributed by atoms with Gasteiger partial charge in [0.2, 0.25) is 5.79 Å². The summed E-state index contributed by atoms with van der Waals surface area (Å²) in [7, 11) is 0. The summed E-state index contributed by atoms with van der Waals surface area (Å²) in [5.41, 5.74) is -0.508. The Kier molecular flexibility index (Phi) is 5.72. The Morgan fingerprint density at radius 2 is 1.93 bits per heavy atom. The van der Waals surface area contributed by atoms with Gasteiger partial charge in [0, 0.05) is 24.3 Å². The van der Waals surface area contributed by atoms with Crippen LogP contribution in [0.25, 0.3) is 0 Å². The van der Waals surface area contributed by atoms with Gasteiger partial charge in [-0.2, -0.15) is 0 Å². The highest BCUT2D eigenvalue weighted by Gasteiger charge is 2.69. The maximum Gasteiger partial charge on any atom is 0.201 e. The van der Waals surface area contributed by atoms with E-state index >= 15 is 0 Å². The quantitative estimate of drug-likeness (QED) is 0.540. The molecular formula is C23H34NO5. The molecule has 2 bridgehead atoms. The summed E-state index contributed by atoms with van der Waals surface area (Å²) >= 11 is 0. The Balaban J connectivity index is 1.24. The average Bonchev–Trinajstić information content (AvgIpc) is 3.12. The lowest BCUT2D eigenvalue weighted by atomic mass is 9.58. The first kappa shape index (κ1) is 20.7. The van der Waals surface area contributed by atoms with E-state index in [4.69, 9.17) is 24.0 Å². The maximum atomic E-state index is 6.44. The van der Waals surface area contributed by atoms with E-state index in [0.29, 0.717) is 24.4 Å². The summed E-state index contributed by atoms with van der Waals surface area (Å²) in [6, 6.07) is 1.16. The smallest absolute Gasteiger partial charge is 0.201 e. The fourth-order valence-corrected chi connectivity index (χ4v) is 6.06. The summed E-state index contributed by atoms with van der Waals surface area (Å²) < 4.78 is 19.0. The first-order valence-electron chi connectivity index (χ1n) is 11.3. The minimum atomic E-state index is -0.730. The van der Waals surface area contributed by atoms with Crippen LogP contribution in [-0.4, -0.2) is 37.1 Å². The van der Waals surface area contributed by atoms with Gasteiger partial charge < -0.3 is 19.5 Å². The van der Waals surface area contributed by atoms with Crippen molar-refractivity contribution < 1.29 is 24.0 Å². The molecule has 6 fully saturated rings. The van der Waals surface area contributed by atoms with E-state index in [9.17, 15) is 0 Å². The first-order chi connectivity index (χ1) is 14.0. The number of hydrogen-bond donors (Lipinski definition) is 1. The molecule has 2 saturated carbocycles. The molecule has 4 aliphatic heterocycles. The van der Waals surface area contributed by atoms with Crippen molar-refractivity contribution in [2.75, 3.05) is 13.2 Å². The maximum absolute atomic E-state index is 6.44. The summed E-state index contributed by atoms with van der Waals surface area (Å²) in [6.07, 6.45) is 12.7. The van der Waals surface area contributed by atoms with E-state index in [1.165, 1.54) is 6.42 Å². The summed E-state index contributed by atoms with van der Waals surface area (Å²) in [5.74, 6) is 0.799. The van der Waals surface area contributed by atoms with E-state index in [0.717, 1.165) is 38.3 Å². The van der Waals surface area contributed by atoms with Gasteiger partial charge in [-0.05, 0) is 76.7 Å². The molecule has 6 aliphatic rings. The molecule has 1 spiro atoms. The zero-order chi connectivity index (χ0) is 20.1. The molecule has 4 saturated heterocycles. The summed E-state index contributed by atoms with van der Waals surface area (Å²) in [4.78, 5) is 12.0. The topological polar surface area (TPSA) is 58.2 Å². The molecule has 1 N–H and O–H groups in total. The molecular weight excluding hydrogens is 370 g/mol. The van der Waals surface area contributed by atoms with Crippen LogP contribution < -0.4 is 5.32 Å². The van der Waals surface area contributed by atoms with Crippen LogP contribution in [0.1, 0.15) is 52.9 Å². The molecule has 6 rings (SSSR count). The molecule has 3 unspecified atom stereocenters. The van der Waals surface area contributed by atoms with Gasteiger partial charge in [-0.3, -0.25) is 0 Å². The first-order valence-corrected chi connectivity index (χ1v) is 11.3. The van der Waals surface area contributed by atoms with Crippen molar-refractivity contribution in [1.82, 2.24) is 5.32 Å². The SMILES string of the molecule is C[C@H]1C(OCCCN[C]2[CH][CH][CH][CH]2)OC2O[C@]3(C)CC[C@H]4[C@H](C)CCC1[C@@]24OO3. The van der Waals surface area contributed by atoms with Gasteiger partial charge in [-0.25, -0.2) is 9.78 Å². The van der Waals surface area contributed by atoms with Gasteiger partial charge >= 0.3 is 0 Å². The third-order valence-electron chi connectivity index (χ3n) is 7.69. The second-order valence-electron chi connectivity index (χ2n) is 9.60. The van der Waals surface area contributed by atoms with Crippen molar-refractivity contribution in [3.63, 3.8) is 0 Å². The number of fused-ring (bicyclic) bond motifs is 2. The number of rotatable bonds is 6. The molecule has 6 heteroatoms. The molecule has 2 aliphatic carbocycles. The lowest BCUT2D eigenvalue weighted by Gasteiger charge is -2.60. The molecule has 0 amide bonds. The molecule has 161 valence electrons. The normalized spacial score (nSPS) is 49.8. The minimum Gasteiger partial charge on any atom is -0.352 e. The second kappa shape index (κ2) is 8.03. The highest BCUT2D eigenvalue weighted by Crippen LogP contribution is 2.60. The van der Waals surface area contributed by atoms with E-state index in [-0.39, 0.29) is 12.2 Å². The monoisotopic (exact) mass is 404 g/mol. The summed E-state index contributed by atoms with van der Waals surface area (Å²) in [6.45, 7) is 8.07. The predicted octanol–water partition coefficient (Wildman–Crippen LogP) is 3.55. The minimum absolute atomic E-state index is 0.235. The van der Waals surface area contributed by atoms with Crippen molar-refractivity contribution in [3.8, 4) is 0 Å². The molecule has 8 atom stereocenters. The van der Waals surface area contributed by atoms with E-state index in [1.54, 1.807) is 0 Å². The van der Waals surface area contributed by atoms with Crippen molar-refractivity contribution in [1.29, 1.82) is 0 Å². The highest BCUT2D eigenvalue weighted by atomic mass is 17.3. The Bertz CT molecular complexity index is 584. The lowest BCUT2D eigenvalue weighted by Crippen LogP contribution is -2.70. The van der Waals surface area contributed by atoms with Gasteiger partial charge in [-0.15, -0.1) is 0 Å². The molecule has 0 aromatic heterocycles. The molecule has 4 heterocycles. The van der Waals surface area contributed by atoms with Crippen LogP contribution in [0.4, 0.5) is 0 Å². The number of hydrogen-bond acceptors (Lipinski definition) is 6. The standard InChI is InChI=1S/C23H34NO5/c1-15-9-10-19-16(2)20(25-14-6-13-24-17-7-4-5-8-17)26-21-23(19)18(15)11-12-22(3,27-21)28-29-23/h4-5,7-8,15-16,18-21,24H,6,9-14H2,1-3H3/t15-,16-,18+,19?,20?,21?,22+,23-/m1/s1. The van der Waals surface area contributed by atoms with Crippen LogP contribution in [0.3, 0.4) is 0 Å². The van der Waals surface area contributed by atoms with Crippen LogP contribution in [0, 0.1) is 55.4 Å². The third-order valence-corrected chi connectivity index (χ3v) is 7.69. The fraction of sp³-hybridized carbons (Fsp3) is 0.783. The van der Waals surface area contributed by atoms with Crippen molar-refractivity contribution >= 4 is 0 Å². The van der Waals surface area contributed by atoms with Crippen LogP contribution in [0.2, 0.25) is 0 Å². The highest BCUT2D eigenvalue weighted by molar-refractivity contribution is 5.33. The molecule has 29 heavy (non-hydrogen) atoms. The van der Waals surface area contributed by atoms with E-state index in [1.807, 2.05) is 19.8 Å². The van der Waals surface area contributed by atoms with Crippen LogP contribution in [-0.2, 0) is 24.0 Å². The largest absolute Gasteiger partial charge is 0.352 e. The van der Waals surface area contributed by atoms with Crippen LogP contribution in [0.5, 0.6) is 0 Å². The van der Waals surface area contributed by atoms with Crippen LogP contribution >= 0.6 is 0 Å². The molecule has 5 radical (unpaired) electrons. The Labute approximate surface area is 175 Å². The Hall–Kier alpha value is -0.240. The zero-order valence-electron chi connectivity index (χ0n) is 17.8. The molecule has 0 aromatic rings. The van der Waals surface area contributed by atoms with Gasteiger partial charge in [0.25, 0.3) is 0 Å². The van der Waals surface area contributed by atoms with Crippen molar-refractivity contribution in [2.24, 2.45) is 23.7 Å². The Morgan fingerprint density at radius 1 is 1.10 bits per heavy atom. The fourth-order valence-electron chi connectivity index (χ4n) is 6.06. The van der Waals surface area contributed by atoms with Gasteiger partial charge in [0.15, 0.2) is 18.2 Å². The number of ether oxygens (including phenoxy) is 3. The predicted molar refractivity (Wildman–Crippen MR) is 106 cm³/mol. The molecule has 6 nitrogen and oxygen atoms in total.